The van der Waals surface area contributed by atoms with Crippen LogP contribution in [0.2, 0.25) is 0 Å². The number of para-hydroxylation sites is 1. The number of anilines is 1. The van der Waals surface area contributed by atoms with E-state index < -0.39 is 17.0 Å². The first kappa shape index (κ1) is 23.7. The molecule has 3 heterocycles. The zero-order valence-corrected chi connectivity index (χ0v) is 21.5. The SMILES string of the molecule is CC(C)(C)C1(c2c(NC(=O)C3CC3)c3ccccc3n2-c2ccc3c(c2)OCO3)CCCCN1C(=O)O. The normalized spacial score (nSPS) is 21.3. The number of likely N-dealkylation sites (tertiary alicyclic amines) is 1. The fraction of sp³-hybridized carbons (Fsp3) is 0.448. The maximum atomic E-state index is 13.2. The van der Waals surface area contributed by atoms with E-state index in [1.807, 2.05) is 42.5 Å². The van der Waals surface area contributed by atoms with E-state index in [0.29, 0.717) is 30.2 Å². The van der Waals surface area contributed by atoms with Crippen molar-refractivity contribution in [2.24, 2.45) is 11.3 Å². The third-order valence-corrected chi connectivity index (χ3v) is 8.18. The van der Waals surface area contributed by atoms with Crippen LogP contribution in [0.15, 0.2) is 42.5 Å². The summed E-state index contributed by atoms with van der Waals surface area (Å²) in [5, 5.41) is 14.7. The van der Waals surface area contributed by atoms with Crippen molar-refractivity contribution >= 4 is 28.6 Å². The van der Waals surface area contributed by atoms with Gasteiger partial charge in [0.05, 0.1) is 22.4 Å². The van der Waals surface area contributed by atoms with Crippen molar-refractivity contribution in [3.05, 3.63) is 48.2 Å². The highest BCUT2D eigenvalue weighted by atomic mass is 16.7. The lowest BCUT2D eigenvalue weighted by atomic mass is 9.65. The van der Waals surface area contributed by atoms with E-state index in [2.05, 4.69) is 30.7 Å². The zero-order valence-electron chi connectivity index (χ0n) is 21.5. The lowest BCUT2D eigenvalue weighted by molar-refractivity contribution is -0.117. The van der Waals surface area contributed by atoms with Gasteiger partial charge in [-0.3, -0.25) is 9.69 Å². The van der Waals surface area contributed by atoms with Crippen LogP contribution in [0, 0.1) is 11.3 Å². The van der Waals surface area contributed by atoms with E-state index in [1.165, 1.54) is 0 Å². The van der Waals surface area contributed by atoms with Crippen LogP contribution < -0.4 is 14.8 Å². The lowest BCUT2D eigenvalue weighted by Gasteiger charge is -2.54. The highest BCUT2D eigenvalue weighted by molar-refractivity contribution is 6.06. The van der Waals surface area contributed by atoms with Gasteiger partial charge < -0.3 is 24.5 Å². The van der Waals surface area contributed by atoms with Gasteiger partial charge in [0.25, 0.3) is 0 Å². The van der Waals surface area contributed by atoms with Gasteiger partial charge in [0, 0.05) is 29.6 Å². The van der Waals surface area contributed by atoms with Crippen LogP contribution in [0.5, 0.6) is 11.5 Å². The summed E-state index contributed by atoms with van der Waals surface area (Å²) < 4.78 is 13.4. The maximum Gasteiger partial charge on any atom is 0.408 e. The summed E-state index contributed by atoms with van der Waals surface area (Å²) >= 11 is 0. The Balaban J connectivity index is 1.71. The number of rotatable bonds is 4. The summed E-state index contributed by atoms with van der Waals surface area (Å²) in [5.41, 5.74) is 1.87. The molecule has 2 fully saturated rings. The molecule has 2 aromatic carbocycles. The number of benzene rings is 2. The number of carboxylic acid groups (broad SMARTS) is 1. The highest BCUT2D eigenvalue weighted by Gasteiger charge is 2.55. The molecule has 8 heteroatoms. The van der Waals surface area contributed by atoms with E-state index >= 15 is 0 Å². The minimum Gasteiger partial charge on any atom is -0.465 e. The van der Waals surface area contributed by atoms with Crippen LogP contribution >= 0.6 is 0 Å². The molecule has 1 saturated heterocycles. The van der Waals surface area contributed by atoms with Gasteiger partial charge in [-0.25, -0.2) is 4.79 Å². The molecular formula is C29H33N3O5. The monoisotopic (exact) mass is 503 g/mol. The molecule has 8 nitrogen and oxygen atoms in total. The molecule has 1 saturated carbocycles. The Kier molecular flexibility index (Phi) is 5.40. The second-order valence-corrected chi connectivity index (χ2v) is 11.4. The number of fused-ring (bicyclic) bond motifs is 2. The van der Waals surface area contributed by atoms with Gasteiger partial charge in [0.1, 0.15) is 0 Å². The molecule has 1 atom stereocenters. The predicted molar refractivity (Wildman–Crippen MR) is 140 cm³/mol. The maximum absolute atomic E-state index is 13.2. The van der Waals surface area contributed by atoms with Crippen molar-refractivity contribution in [2.45, 2.75) is 58.4 Å². The number of carbonyl (C=O) groups is 2. The number of nitrogens with zero attached hydrogens (tertiary/aromatic N) is 2. The minimum absolute atomic E-state index is 0.00316. The molecule has 37 heavy (non-hydrogen) atoms. The highest BCUT2D eigenvalue weighted by Crippen LogP contribution is 2.55. The van der Waals surface area contributed by atoms with Gasteiger partial charge in [-0.15, -0.1) is 0 Å². The number of amides is 2. The molecular weight excluding hydrogens is 470 g/mol. The molecule has 2 amide bonds. The van der Waals surface area contributed by atoms with Gasteiger partial charge in [0.15, 0.2) is 11.5 Å². The molecule has 2 N–H and O–H groups in total. The Labute approximate surface area is 216 Å². The van der Waals surface area contributed by atoms with Crippen molar-refractivity contribution in [1.29, 1.82) is 0 Å². The topological polar surface area (TPSA) is 93.0 Å². The number of hydrogen-bond acceptors (Lipinski definition) is 4. The molecule has 3 aliphatic rings. The van der Waals surface area contributed by atoms with Gasteiger partial charge >= 0.3 is 6.09 Å². The van der Waals surface area contributed by atoms with Crippen molar-refractivity contribution in [3.8, 4) is 17.2 Å². The zero-order chi connectivity index (χ0) is 25.9. The smallest absolute Gasteiger partial charge is 0.408 e. The Hall–Kier alpha value is -3.68. The summed E-state index contributed by atoms with van der Waals surface area (Å²) in [6.45, 7) is 6.90. The lowest BCUT2D eigenvalue weighted by Crippen LogP contribution is -2.59. The average molecular weight is 504 g/mol. The number of aromatic nitrogens is 1. The minimum atomic E-state index is -0.948. The third-order valence-electron chi connectivity index (χ3n) is 8.18. The number of ether oxygens (including phenoxy) is 2. The van der Waals surface area contributed by atoms with Crippen molar-refractivity contribution in [3.63, 3.8) is 0 Å². The van der Waals surface area contributed by atoms with E-state index in [9.17, 15) is 14.7 Å². The standard InChI is InChI=1S/C29H33N3O5/c1-28(2,3)29(14-6-7-15-31(29)27(34)35)25-24(30-26(33)18-10-11-18)20-8-4-5-9-21(20)32(25)19-12-13-22-23(16-19)37-17-36-22/h4-5,8-9,12-13,16,18H,6-7,10-11,14-15,17H2,1-3H3,(H,30,33)(H,34,35). The molecule has 0 radical (unpaired) electrons. The van der Waals surface area contributed by atoms with Crippen LogP contribution in [-0.4, -0.2) is 39.9 Å². The molecule has 1 unspecified atom stereocenters. The fourth-order valence-corrected chi connectivity index (χ4v) is 6.24. The van der Waals surface area contributed by atoms with Gasteiger partial charge in [-0.2, -0.15) is 0 Å². The summed E-state index contributed by atoms with van der Waals surface area (Å²) in [6, 6.07) is 13.8. The fourth-order valence-electron chi connectivity index (χ4n) is 6.24. The third kappa shape index (κ3) is 3.64. The molecule has 194 valence electrons. The molecule has 1 aromatic heterocycles. The molecule has 3 aromatic rings. The van der Waals surface area contributed by atoms with Gasteiger partial charge in [-0.05, 0) is 55.7 Å². The number of hydrogen-bond donors (Lipinski definition) is 2. The first-order valence-corrected chi connectivity index (χ1v) is 13.1. The van der Waals surface area contributed by atoms with Crippen LogP contribution in [0.4, 0.5) is 10.5 Å². The second-order valence-electron chi connectivity index (χ2n) is 11.4. The van der Waals surface area contributed by atoms with Crippen LogP contribution in [0.1, 0.15) is 58.6 Å². The molecule has 0 spiro atoms. The average Bonchev–Trinajstić information content (AvgIpc) is 3.54. The largest absolute Gasteiger partial charge is 0.465 e. The number of carbonyl (C=O) groups excluding carboxylic acids is 1. The van der Waals surface area contributed by atoms with Crippen LogP contribution in [0.25, 0.3) is 16.6 Å². The summed E-state index contributed by atoms with van der Waals surface area (Å²) in [6.07, 6.45) is 3.16. The summed E-state index contributed by atoms with van der Waals surface area (Å²) in [5.74, 6) is 1.33. The van der Waals surface area contributed by atoms with Crippen LogP contribution in [-0.2, 0) is 10.3 Å². The molecule has 2 aliphatic heterocycles. The molecule has 6 rings (SSSR count). The molecule has 0 bridgehead atoms. The predicted octanol–water partition coefficient (Wildman–Crippen LogP) is 6.11. The number of piperidine rings is 1. The van der Waals surface area contributed by atoms with E-state index in [1.54, 1.807) is 4.90 Å². The van der Waals surface area contributed by atoms with Gasteiger partial charge in [-0.1, -0.05) is 39.0 Å². The Morgan fingerprint density at radius 2 is 1.81 bits per heavy atom. The number of nitrogens with one attached hydrogen (secondary N) is 1. The summed E-state index contributed by atoms with van der Waals surface area (Å²) in [7, 11) is 0. The van der Waals surface area contributed by atoms with E-state index in [0.717, 1.165) is 48.0 Å². The van der Waals surface area contributed by atoms with Crippen LogP contribution in [0.3, 0.4) is 0 Å². The van der Waals surface area contributed by atoms with Crippen molar-refractivity contribution in [1.82, 2.24) is 9.47 Å². The van der Waals surface area contributed by atoms with Gasteiger partial charge in [0.2, 0.25) is 12.7 Å². The quantitative estimate of drug-likeness (QED) is 0.448. The van der Waals surface area contributed by atoms with E-state index in [4.69, 9.17) is 9.47 Å². The van der Waals surface area contributed by atoms with Crippen molar-refractivity contribution in [2.75, 3.05) is 18.7 Å². The Bertz CT molecular complexity index is 1400. The van der Waals surface area contributed by atoms with Crippen molar-refractivity contribution < 1.29 is 24.2 Å². The second kappa shape index (κ2) is 8.43. The Morgan fingerprint density at radius 1 is 1.05 bits per heavy atom. The first-order valence-electron chi connectivity index (χ1n) is 13.1. The van der Waals surface area contributed by atoms with E-state index in [-0.39, 0.29) is 18.6 Å². The Morgan fingerprint density at radius 3 is 2.54 bits per heavy atom. The molecule has 1 aliphatic carbocycles. The summed E-state index contributed by atoms with van der Waals surface area (Å²) in [4.78, 5) is 27.7. The first-order chi connectivity index (χ1) is 17.7.